The van der Waals surface area contributed by atoms with Crippen molar-refractivity contribution in [3.63, 3.8) is 0 Å². The smallest absolute Gasteiger partial charge is 0.134 e. The quantitative estimate of drug-likeness (QED) is 0.471. The fourth-order valence-corrected chi connectivity index (χ4v) is 4.87. The molecule has 2 atom stereocenters. The lowest BCUT2D eigenvalue weighted by atomic mass is 9.82. The molecule has 0 saturated heterocycles. The monoisotopic (exact) mass is 486 g/mol. The van der Waals surface area contributed by atoms with Crippen molar-refractivity contribution in [1.29, 1.82) is 0 Å². The van der Waals surface area contributed by atoms with E-state index in [9.17, 15) is 4.39 Å². The highest BCUT2D eigenvalue weighted by Gasteiger charge is 2.39. The van der Waals surface area contributed by atoms with E-state index in [1.807, 2.05) is 48.0 Å². The molecular formula is C27H33F3N4O. The Bertz CT molecular complexity index is 1160. The van der Waals surface area contributed by atoms with E-state index >= 15 is 8.78 Å². The molecule has 2 heterocycles. The number of hydrogen-bond donors (Lipinski definition) is 1. The molecule has 0 unspecified atom stereocenters. The van der Waals surface area contributed by atoms with Crippen LogP contribution in [0.4, 0.5) is 13.2 Å². The highest BCUT2D eigenvalue weighted by atomic mass is 19.1. The average molecular weight is 487 g/mol. The van der Waals surface area contributed by atoms with E-state index in [0.29, 0.717) is 6.42 Å². The highest BCUT2D eigenvalue weighted by molar-refractivity contribution is 5.64. The van der Waals surface area contributed by atoms with Gasteiger partial charge in [-0.05, 0) is 50.8 Å². The first kappa shape index (κ1) is 25.3. The molecule has 0 amide bonds. The standard InChI is InChI=1S/C27H33F3N4O/c1-5-33-15-20(14-32-33)18-6-7-22-19(11-18)10-17(2)34(16-27(3,4)30)26(22)25-23(28)12-21(13-24(25)29)35-9-8-31/h6-7,11-15,17,26H,5,8-10,16,31H2,1-4H3/t17-,26+/m1/s1. The summed E-state index contributed by atoms with van der Waals surface area (Å²) in [4.78, 5) is 1.86. The van der Waals surface area contributed by atoms with Crippen molar-refractivity contribution in [1.82, 2.24) is 14.7 Å². The lowest BCUT2D eigenvalue weighted by Gasteiger charge is -2.44. The Morgan fingerprint density at radius 2 is 1.86 bits per heavy atom. The van der Waals surface area contributed by atoms with E-state index in [-0.39, 0.29) is 37.1 Å². The molecule has 0 bridgehead atoms. The summed E-state index contributed by atoms with van der Waals surface area (Å²) in [6.45, 7) is 8.15. The number of rotatable bonds is 8. The van der Waals surface area contributed by atoms with E-state index in [2.05, 4.69) is 11.2 Å². The number of fused-ring (bicyclic) bond motifs is 1. The molecule has 0 spiro atoms. The Hall–Kier alpha value is -2.84. The van der Waals surface area contributed by atoms with Crippen molar-refractivity contribution in [2.45, 2.75) is 58.4 Å². The van der Waals surface area contributed by atoms with E-state index in [1.165, 1.54) is 26.0 Å². The van der Waals surface area contributed by atoms with Crippen molar-refractivity contribution in [2.75, 3.05) is 19.7 Å². The van der Waals surface area contributed by atoms with Gasteiger partial charge >= 0.3 is 0 Å². The van der Waals surface area contributed by atoms with Gasteiger partial charge in [0.2, 0.25) is 0 Å². The second-order valence-electron chi connectivity index (χ2n) is 9.78. The summed E-state index contributed by atoms with van der Waals surface area (Å²) >= 11 is 0. The zero-order chi connectivity index (χ0) is 25.3. The molecule has 4 rings (SSSR count). The molecule has 188 valence electrons. The van der Waals surface area contributed by atoms with Crippen molar-refractivity contribution >= 4 is 0 Å². The van der Waals surface area contributed by atoms with Crippen LogP contribution in [0.25, 0.3) is 11.1 Å². The van der Waals surface area contributed by atoms with Crippen LogP contribution in [0.2, 0.25) is 0 Å². The van der Waals surface area contributed by atoms with E-state index in [4.69, 9.17) is 10.5 Å². The summed E-state index contributed by atoms with van der Waals surface area (Å²) in [5.41, 5.74) is 7.52. The molecule has 1 aromatic heterocycles. The minimum atomic E-state index is -1.55. The molecule has 2 aromatic carbocycles. The summed E-state index contributed by atoms with van der Waals surface area (Å²) in [6.07, 6.45) is 4.42. The third kappa shape index (κ3) is 5.38. The summed E-state index contributed by atoms with van der Waals surface area (Å²) in [7, 11) is 0. The van der Waals surface area contributed by atoms with Crippen molar-refractivity contribution in [2.24, 2.45) is 5.73 Å². The first-order chi connectivity index (χ1) is 16.6. The number of nitrogens with zero attached hydrogens (tertiary/aromatic N) is 3. The minimum Gasteiger partial charge on any atom is -0.492 e. The third-order valence-electron chi connectivity index (χ3n) is 6.41. The first-order valence-electron chi connectivity index (χ1n) is 12.0. The molecule has 35 heavy (non-hydrogen) atoms. The normalized spacial score (nSPS) is 18.5. The number of benzene rings is 2. The van der Waals surface area contributed by atoms with E-state index in [1.54, 1.807) is 0 Å². The SMILES string of the molecule is CCn1cc(-c2ccc3c(c2)C[C@@H](C)N(CC(C)(C)F)[C@@H]3c2c(F)cc(OCCN)cc2F)cn1. The van der Waals surface area contributed by atoms with E-state index < -0.39 is 23.3 Å². The van der Waals surface area contributed by atoms with Gasteiger partial charge in [0.25, 0.3) is 0 Å². The summed E-state index contributed by atoms with van der Waals surface area (Å²) in [6, 6.07) is 7.34. The Labute approximate surface area is 204 Å². The molecule has 8 heteroatoms. The van der Waals surface area contributed by atoms with Crippen LogP contribution in [0.1, 0.15) is 50.4 Å². The molecular weight excluding hydrogens is 453 g/mol. The molecule has 1 aliphatic heterocycles. The number of nitrogens with two attached hydrogens (primary N) is 1. The molecule has 0 aliphatic carbocycles. The van der Waals surface area contributed by atoms with Gasteiger partial charge in [0.05, 0.1) is 12.2 Å². The molecule has 5 nitrogen and oxygen atoms in total. The molecule has 0 radical (unpaired) electrons. The van der Waals surface area contributed by atoms with Gasteiger partial charge in [-0.3, -0.25) is 9.58 Å². The highest BCUT2D eigenvalue weighted by Crippen LogP contribution is 2.42. The number of ether oxygens (including phenoxy) is 1. The lowest BCUT2D eigenvalue weighted by molar-refractivity contribution is 0.0652. The van der Waals surface area contributed by atoms with Crippen LogP contribution in [-0.4, -0.2) is 46.1 Å². The molecule has 3 aromatic rings. The minimum absolute atomic E-state index is 0.0353. The van der Waals surface area contributed by atoms with Crippen LogP contribution in [0.15, 0.2) is 42.7 Å². The zero-order valence-electron chi connectivity index (χ0n) is 20.7. The van der Waals surface area contributed by atoms with Crippen LogP contribution in [0, 0.1) is 11.6 Å². The van der Waals surface area contributed by atoms with Gasteiger partial charge in [-0.25, -0.2) is 13.2 Å². The second kappa shape index (κ2) is 10.0. The maximum Gasteiger partial charge on any atom is 0.134 e. The Balaban J connectivity index is 1.82. The van der Waals surface area contributed by atoms with Gasteiger partial charge in [0.1, 0.15) is 29.7 Å². The van der Waals surface area contributed by atoms with Gasteiger partial charge in [0, 0.05) is 55.1 Å². The van der Waals surface area contributed by atoms with Crippen molar-refractivity contribution in [3.05, 3.63) is 71.1 Å². The molecule has 0 fully saturated rings. The largest absolute Gasteiger partial charge is 0.492 e. The maximum atomic E-state index is 15.5. The maximum absolute atomic E-state index is 15.5. The Morgan fingerprint density at radius 3 is 2.46 bits per heavy atom. The summed E-state index contributed by atoms with van der Waals surface area (Å²) in [5.74, 6) is -1.37. The topological polar surface area (TPSA) is 56.3 Å². The second-order valence-corrected chi connectivity index (χ2v) is 9.78. The van der Waals surface area contributed by atoms with Gasteiger partial charge in [-0.15, -0.1) is 0 Å². The first-order valence-corrected chi connectivity index (χ1v) is 12.0. The average Bonchev–Trinajstić information content (AvgIpc) is 3.27. The van der Waals surface area contributed by atoms with Gasteiger partial charge < -0.3 is 10.5 Å². The summed E-state index contributed by atoms with van der Waals surface area (Å²) in [5, 5.41) is 4.35. The van der Waals surface area contributed by atoms with Gasteiger partial charge in [-0.1, -0.05) is 18.2 Å². The van der Waals surface area contributed by atoms with E-state index in [0.717, 1.165) is 28.8 Å². The van der Waals surface area contributed by atoms with Gasteiger partial charge in [-0.2, -0.15) is 5.10 Å². The van der Waals surface area contributed by atoms with Crippen LogP contribution in [0.3, 0.4) is 0 Å². The molecule has 2 N–H and O–H groups in total. The zero-order valence-corrected chi connectivity index (χ0v) is 20.7. The predicted molar refractivity (Wildman–Crippen MR) is 131 cm³/mol. The Morgan fingerprint density at radius 1 is 1.14 bits per heavy atom. The predicted octanol–water partition coefficient (Wildman–Crippen LogP) is 5.27. The third-order valence-corrected chi connectivity index (χ3v) is 6.41. The number of alkyl halides is 1. The van der Waals surface area contributed by atoms with Gasteiger partial charge in [0.15, 0.2) is 0 Å². The number of hydrogen-bond acceptors (Lipinski definition) is 4. The number of halogens is 3. The summed E-state index contributed by atoms with van der Waals surface area (Å²) < 4.78 is 53.0. The fraction of sp³-hybridized carbons (Fsp3) is 0.444. The van der Waals surface area contributed by atoms with Crippen LogP contribution in [0.5, 0.6) is 5.75 Å². The van der Waals surface area contributed by atoms with Crippen molar-refractivity contribution in [3.8, 4) is 16.9 Å². The number of aromatic nitrogens is 2. The Kier molecular flexibility index (Phi) is 7.24. The molecule has 0 saturated carbocycles. The van der Waals surface area contributed by atoms with Crippen molar-refractivity contribution < 1.29 is 17.9 Å². The lowest BCUT2D eigenvalue weighted by Crippen LogP contribution is -2.48. The van der Waals surface area contributed by atoms with Crippen LogP contribution in [-0.2, 0) is 13.0 Å². The van der Waals surface area contributed by atoms with Crippen LogP contribution < -0.4 is 10.5 Å². The fourth-order valence-electron chi connectivity index (χ4n) is 4.87. The molecule has 1 aliphatic rings. The van der Waals surface area contributed by atoms with Crippen LogP contribution >= 0.6 is 0 Å². The number of aryl methyl sites for hydroxylation is 1.